The van der Waals surface area contributed by atoms with Gasteiger partial charge in [-0.2, -0.15) is 5.26 Å². The Bertz CT molecular complexity index is 619. The number of halogens is 2. The molecule has 0 atom stereocenters. The lowest BCUT2D eigenvalue weighted by Gasteiger charge is -2.06. The van der Waals surface area contributed by atoms with E-state index in [1.54, 1.807) is 19.2 Å². The van der Waals surface area contributed by atoms with Gasteiger partial charge in [0.2, 0.25) is 5.95 Å². The van der Waals surface area contributed by atoms with Crippen LogP contribution in [0.15, 0.2) is 24.5 Å². The third kappa shape index (κ3) is 2.39. The molecule has 0 unspecified atom stereocenters. The number of nitriles is 1. The highest BCUT2D eigenvalue weighted by Gasteiger charge is 2.09. The number of aryl methyl sites for hydroxylation is 1. The number of aromatic nitrogens is 2. The van der Waals surface area contributed by atoms with Crippen molar-refractivity contribution in [2.24, 2.45) is 0 Å². The predicted molar refractivity (Wildman–Crippen MR) is 66.4 cm³/mol. The minimum atomic E-state index is -0.339. The first-order valence-electron chi connectivity index (χ1n) is 5.05. The summed E-state index contributed by atoms with van der Waals surface area (Å²) in [5.41, 5.74) is 1.58. The lowest BCUT2D eigenvalue weighted by molar-refractivity contribution is 0.619. The van der Waals surface area contributed by atoms with E-state index in [2.05, 4.69) is 15.3 Å². The molecule has 0 aliphatic heterocycles. The van der Waals surface area contributed by atoms with Crippen molar-refractivity contribution in [2.45, 2.75) is 6.92 Å². The third-order valence-corrected chi connectivity index (χ3v) is 2.69. The molecule has 0 saturated carbocycles. The van der Waals surface area contributed by atoms with Crippen LogP contribution in [-0.2, 0) is 0 Å². The smallest absolute Gasteiger partial charge is 0.236 e. The lowest BCUT2D eigenvalue weighted by Crippen LogP contribution is -1.95. The van der Waals surface area contributed by atoms with Gasteiger partial charge >= 0.3 is 0 Å². The monoisotopic (exact) mass is 262 g/mol. The summed E-state index contributed by atoms with van der Waals surface area (Å²) < 4.78 is 13.5. The number of nitrogens with zero attached hydrogens (tertiary/aromatic N) is 3. The number of anilines is 1. The molecular weight excluding hydrogens is 255 g/mol. The molecule has 1 aromatic heterocycles. The van der Waals surface area contributed by atoms with Crippen molar-refractivity contribution < 1.29 is 4.39 Å². The SMILES string of the molecule is Cc1cc(Cl)c(-c2cnc(NC#N)nc2)cc1F. The van der Waals surface area contributed by atoms with Crippen LogP contribution in [0.4, 0.5) is 10.3 Å². The Labute approximate surface area is 108 Å². The molecule has 1 aromatic carbocycles. The lowest BCUT2D eigenvalue weighted by atomic mass is 10.1. The Kier molecular flexibility index (Phi) is 3.40. The Morgan fingerprint density at radius 3 is 2.61 bits per heavy atom. The Balaban J connectivity index is 2.43. The molecule has 18 heavy (non-hydrogen) atoms. The summed E-state index contributed by atoms with van der Waals surface area (Å²) in [6, 6.07) is 2.89. The van der Waals surface area contributed by atoms with Gasteiger partial charge in [0.05, 0.1) is 0 Å². The summed E-state index contributed by atoms with van der Waals surface area (Å²) in [7, 11) is 0. The van der Waals surface area contributed by atoms with Crippen molar-refractivity contribution >= 4 is 17.5 Å². The Morgan fingerprint density at radius 1 is 1.33 bits per heavy atom. The van der Waals surface area contributed by atoms with Gasteiger partial charge in [-0.3, -0.25) is 5.32 Å². The molecule has 0 spiro atoms. The molecule has 90 valence electrons. The van der Waals surface area contributed by atoms with E-state index >= 15 is 0 Å². The summed E-state index contributed by atoms with van der Waals surface area (Å²) in [6.45, 7) is 1.64. The van der Waals surface area contributed by atoms with Gasteiger partial charge in [0.1, 0.15) is 5.82 Å². The molecule has 2 rings (SSSR count). The first kappa shape index (κ1) is 12.3. The average molecular weight is 263 g/mol. The van der Waals surface area contributed by atoms with E-state index < -0.39 is 0 Å². The standard InChI is InChI=1S/C12H8ClFN4/c1-7-2-10(13)9(3-11(7)14)8-4-16-12(17-5-8)18-6-15/h2-5H,1H3,(H,16,17,18). The highest BCUT2D eigenvalue weighted by Crippen LogP contribution is 2.29. The van der Waals surface area contributed by atoms with Crippen LogP contribution in [0.1, 0.15) is 5.56 Å². The van der Waals surface area contributed by atoms with E-state index in [0.29, 0.717) is 21.7 Å². The Morgan fingerprint density at radius 2 is 2.00 bits per heavy atom. The minimum absolute atomic E-state index is 0.185. The van der Waals surface area contributed by atoms with Gasteiger partial charge in [-0.05, 0) is 24.6 Å². The summed E-state index contributed by atoms with van der Waals surface area (Å²) in [5, 5.41) is 11.1. The molecule has 0 saturated heterocycles. The molecule has 1 heterocycles. The normalized spacial score (nSPS) is 9.89. The average Bonchev–Trinajstić information content (AvgIpc) is 2.35. The maximum atomic E-state index is 13.5. The molecule has 0 aliphatic carbocycles. The third-order valence-electron chi connectivity index (χ3n) is 2.38. The van der Waals surface area contributed by atoms with Crippen LogP contribution in [0, 0.1) is 24.2 Å². The van der Waals surface area contributed by atoms with Crippen LogP contribution in [0.25, 0.3) is 11.1 Å². The second kappa shape index (κ2) is 4.98. The van der Waals surface area contributed by atoms with Crippen LogP contribution in [0.5, 0.6) is 0 Å². The topological polar surface area (TPSA) is 61.6 Å². The molecule has 0 aliphatic rings. The molecule has 2 aromatic rings. The quantitative estimate of drug-likeness (QED) is 0.667. The highest BCUT2D eigenvalue weighted by molar-refractivity contribution is 6.33. The number of hydrogen-bond donors (Lipinski definition) is 1. The zero-order valence-electron chi connectivity index (χ0n) is 9.41. The number of benzene rings is 1. The molecule has 6 heteroatoms. The molecule has 0 fully saturated rings. The minimum Gasteiger partial charge on any atom is -0.261 e. The first-order valence-corrected chi connectivity index (χ1v) is 5.43. The van der Waals surface area contributed by atoms with E-state index in [4.69, 9.17) is 16.9 Å². The van der Waals surface area contributed by atoms with Crippen molar-refractivity contribution in [1.29, 1.82) is 5.26 Å². The van der Waals surface area contributed by atoms with Gasteiger partial charge in [-0.15, -0.1) is 0 Å². The zero-order valence-corrected chi connectivity index (χ0v) is 10.2. The van der Waals surface area contributed by atoms with E-state index in [-0.39, 0.29) is 11.8 Å². The Hall–Kier alpha value is -2.19. The fourth-order valence-corrected chi connectivity index (χ4v) is 1.78. The fraction of sp³-hybridized carbons (Fsp3) is 0.0833. The predicted octanol–water partition coefficient (Wildman–Crippen LogP) is 3.14. The molecule has 1 N–H and O–H groups in total. The van der Waals surface area contributed by atoms with Crippen molar-refractivity contribution in [1.82, 2.24) is 9.97 Å². The summed E-state index contributed by atoms with van der Waals surface area (Å²) >= 11 is 6.05. The van der Waals surface area contributed by atoms with Gasteiger partial charge in [0, 0.05) is 28.5 Å². The van der Waals surface area contributed by atoms with Gasteiger partial charge < -0.3 is 0 Å². The molecule has 4 nitrogen and oxygen atoms in total. The van der Waals surface area contributed by atoms with E-state index in [9.17, 15) is 4.39 Å². The summed E-state index contributed by atoms with van der Waals surface area (Å²) in [6.07, 6.45) is 4.66. The summed E-state index contributed by atoms with van der Waals surface area (Å²) in [4.78, 5) is 7.82. The summed E-state index contributed by atoms with van der Waals surface area (Å²) in [5.74, 6) is -0.154. The van der Waals surface area contributed by atoms with E-state index in [1.165, 1.54) is 18.5 Å². The second-order valence-corrected chi connectivity index (χ2v) is 4.02. The van der Waals surface area contributed by atoms with Gasteiger partial charge in [-0.25, -0.2) is 14.4 Å². The van der Waals surface area contributed by atoms with Crippen molar-refractivity contribution in [3.63, 3.8) is 0 Å². The van der Waals surface area contributed by atoms with Crippen molar-refractivity contribution in [3.05, 3.63) is 40.9 Å². The van der Waals surface area contributed by atoms with Crippen LogP contribution >= 0.6 is 11.6 Å². The number of hydrogen-bond acceptors (Lipinski definition) is 4. The van der Waals surface area contributed by atoms with Crippen LogP contribution < -0.4 is 5.32 Å². The van der Waals surface area contributed by atoms with Crippen LogP contribution in [-0.4, -0.2) is 9.97 Å². The van der Waals surface area contributed by atoms with Crippen LogP contribution in [0.2, 0.25) is 5.02 Å². The molecule has 0 radical (unpaired) electrons. The molecule has 0 amide bonds. The van der Waals surface area contributed by atoms with Crippen molar-refractivity contribution in [3.8, 4) is 17.3 Å². The largest absolute Gasteiger partial charge is 0.261 e. The maximum Gasteiger partial charge on any atom is 0.236 e. The molecule has 0 bridgehead atoms. The van der Waals surface area contributed by atoms with Crippen LogP contribution in [0.3, 0.4) is 0 Å². The van der Waals surface area contributed by atoms with Gasteiger partial charge in [0.15, 0.2) is 6.19 Å². The second-order valence-electron chi connectivity index (χ2n) is 3.61. The molecular formula is C12H8ClFN4. The zero-order chi connectivity index (χ0) is 13.1. The van der Waals surface area contributed by atoms with Crippen molar-refractivity contribution in [2.75, 3.05) is 5.32 Å². The highest BCUT2D eigenvalue weighted by atomic mass is 35.5. The van der Waals surface area contributed by atoms with Gasteiger partial charge in [-0.1, -0.05) is 11.6 Å². The fourth-order valence-electron chi connectivity index (χ4n) is 1.45. The van der Waals surface area contributed by atoms with Gasteiger partial charge in [0.25, 0.3) is 0 Å². The van der Waals surface area contributed by atoms with E-state index in [0.717, 1.165) is 0 Å². The number of rotatable bonds is 2. The van der Waals surface area contributed by atoms with E-state index in [1.807, 2.05) is 0 Å². The maximum absolute atomic E-state index is 13.5. The number of nitrogens with one attached hydrogen (secondary N) is 1. The first-order chi connectivity index (χ1) is 8.61.